The summed E-state index contributed by atoms with van der Waals surface area (Å²) in [4.78, 5) is 18.6. The second-order valence-electron chi connectivity index (χ2n) is 8.79. The molecule has 3 heterocycles. The van der Waals surface area contributed by atoms with Gasteiger partial charge in [-0.05, 0) is 85.9 Å². The Morgan fingerprint density at radius 3 is 2.55 bits per heavy atom. The van der Waals surface area contributed by atoms with Gasteiger partial charge in [0.25, 0.3) is 0 Å². The van der Waals surface area contributed by atoms with Crippen LogP contribution >= 0.6 is 12.2 Å². The summed E-state index contributed by atoms with van der Waals surface area (Å²) in [5, 5.41) is 6.92. The molecule has 0 unspecified atom stereocenters. The molecule has 1 fully saturated rings. The molecule has 2 atom stereocenters. The van der Waals surface area contributed by atoms with Gasteiger partial charge in [0.15, 0.2) is 5.11 Å². The van der Waals surface area contributed by atoms with Crippen molar-refractivity contribution in [3.63, 3.8) is 0 Å². The van der Waals surface area contributed by atoms with Gasteiger partial charge in [-0.1, -0.05) is 6.07 Å². The van der Waals surface area contributed by atoms with Crippen molar-refractivity contribution in [3.05, 3.63) is 96.6 Å². The summed E-state index contributed by atoms with van der Waals surface area (Å²) < 4.78 is 13.3. The highest BCUT2D eigenvalue weighted by molar-refractivity contribution is 7.80. The number of thiocarbonyl (C=S) groups is 1. The van der Waals surface area contributed by atoms with Crippen LogP contribution < -0.4 is 25.0 Å². The zero-order chi connectivity index (χ0) is 26.6. The highest BCUT2D eigenvalue weighted by Crippen LogP contribution is 2.43. The molecule has 5 rings (SSSR count). The van der Waals surface area contributed by atoms with Gasteiger partial charge >= 0.3 is 0 Å². The van der Waals surface area contributed by atoms with Crippen molar-refractivity contribution in [2.24, 2.45) is 0 Å². The predicted octanol–water partition coefficient (Wildman–Crippen LogP) is 5.42. The van der Waals surface area contributed by atoms with Gasteiger partial charge in [-0.15, -0.1) is 0 Å². The topological polar surface area (TPSA) is 80.7 Å². The van der Waals surface area contributed by atoms with Gasteiger partial charge in [-0.3, -0.25) is 9.78 Å². The van der Waals surface area contributed by atoms with E-state index in [2.05, 4.69) is 31.2 Å². The monoisotopic (exact) mass is 527 g/mol. The fourth-order valence-electron chi connectivity index (χ4n) is 4.81. The number of rotatable bonds is 8. The Morgan fingerprint density at radius 2 is 1.87 bits per heavy atom. The number of carbonyl (C=O) groups is 1. The van der Waals surface area contributed by atoms with E-state index in [0.29, 0.717) is 23.2 Å². The Labute approximate surface area is 227 Å². The molecule has 0 aliphatic carbocycles. The molecule has 0 spiro atoms. The Morgan fingerprint density at radius 1 is 1.08 bits per heavy atom. The normalized spacial score (nSPS) is 16.7. The number of hydrogen-bond donors (Lipinski definition) is 2. The second-order valence-corrected chi connectivity index (χ2v) is 9.18. The van der Waals surface area contributed by atoms with Crippen molar-refractivity contribution >= 4 is 34.6 Å². The maximum Gasteiger partial charge on any atom is 0.221 e. The quantitative estimate of drug-likeness (QED) is 0.296. The number of pyridine rings is 1. The first kappa shape index (κ1) is 25.3. The number of nitrogens with zero attached hydrogens (tertiary/aromatic N) is 3. The first-order valence-electron chi connectivity index (χ1n) is 12.4. The van der Waals surface area contributed by atoms with Crippen LogP contribution in [0.5, 0.6) is 11.5 Å². The fraction of sp³-hybridized carbons (Fsp3) is 0.207. The average Bonchev–Trinajstić information content (AvgIpc) is 3.54. The van der Waals surface area contributed by atoms with E-state index >= 15 is 0 Å². The van der Waals surface area contributed by atoms with Crippen LogP contribution in [0.3, 0.4) is 0 Å². The molecule has 1 saturated heterocycles. The summed E-state index contributed by atoms with van der Waals surface area (Å²) in [5.74, 6) is 1.21. The molecule has 38 heavy (non-hydrogen) atoms. The molecule has 0 radical (unpaired) electrons. The van der Waals surface area contributed by atoms with Gasteiger partial charge in [0, 0.05) is 36.4 Å². The zero-order valence-electron chi connectivity index (χ0n) is 21.4. The molecular formula is C29H29N5O3S. The van der Waals surface area contributed by atoms with Crippen molar-refractivity contribution in [2.75, 3.05) is 23.9 Å². The highest BCUT2D eigenvalue weighted by Gasteiger charge is 2.42. The van der Waals surface area contributed by atoms with Crippen molar-refractivity contribution in [3.8, 4) is 17.2 Å². The minimum Gasteiger partial charge on any atom is -0.495 e. The van der Waals surface area contributed by atoms with Crippen molar-refractivity contribution in [1.82, 2.24) is 14.9 Å². The molecule has 1 aliphatic heterocycles. The molecule has 0 saturated carbocycles. The summed E-state index contributed by atoms with van der Waals surface area (Å²) in [7, 11) is 1.58. The van der Waals surface area contributed by atoms with E-state index < -0.39 is 0 Å². The Bertz CT molecular complexity index is 1440. The SMILES string of the molecule is CCOc1ccc(-n2cccc2[C@@H]2[C@@H](c3ccccn3)NC(=S)N2c2ccc(OC)c(NC(C)=O)c2)cc1. The molecule has 9 heteroatoms. The van der Waals surface area contributed by atoms with Crippen LogP contribution in [0.4, 0.5) is 11.4 Å². The lowest BCUT2D eigenvalue weighted by Crippen LogP contribution is -2.30. The van der Waals surface area contributed by atoms with Gasteiger partial charge in [0.05, 0.1) is 31.1 Å². The third-order valence-corrected chi connectivity index (χ3v) is 6.69. The molecular weight excluding hydrogens is 498 g/mol. The molecule has 1 aliphatic rings. The minimum absolute atomic E-state index is 0.185. The van der Waals surface area contributed by atoms with Crippen LogP contribution in [0.15, 0.2) is 85.2 Å². The molecule has 194 valence electrons. The maximum absolute atomic E-state index is 11.9. The summed E-state index contributed by atoms with van der Waals surface area (Å²) in [5.41, 5.74) is 4.28. The molecule has 2 aromatic carbocycles. The Hall–Kier alpha value is -4.37. The van der Waals surface area contributed by atoms with E-state index in [-0.39, 0.29) is 18.0 Å². The van der Waals surface area contributed by atoms with E-state index in [9.17, 15) is 4.79 Å². The number of nitrogens with one attached hydrogen (secondary N) is 2. The molecule has 4 aromatic rings. The number of ether oxygens (including phenoxy) is 2. The number of carbonyl (C=O) groups excluding carboxylic acids is 1. The third-order valence-electron chi connectivity index (χ3n) is 6.38. The van der Waals surface area contributed by atoms with Crippen molar-refractivity contribution in [1.29, 1.82) is 0 Å². The first-order valence-corrected chi connectivity index (χ1v) is 12.8. The molecule has 1 amide bonds. The van der Waals surface area contributed by atoms with Crippen molar-refractivity contribution in [2.45, 2.75) is 25.9 Å². The Balaban J connectivity index is 1.62. The lowest BCUT2D eigenvalue weighted by molar-refractivity contribution is -0.114. The van der Waals surface area contributed by atoms with Crippen LogP contribution in [-0.2, 0) is 4.79 Å². The molecule has 2 N–H and O–H groups in total. The minimum atomic E-state index is -0.238. The summed E-state index contributed by atoms with van der Waals surface area (Å²) >= 11 is 5.89. The summed E-state index contributed by atoms with van der Waals surface area (Å²) in [6, 6.07) is 23.2. The van der Waals surface area contributed by atoms with Crippen LogP contribution in [0.25, 0.3) is 5.69 Å². The number of aromatic nitrogens is 2. The molecule has 2 aromatic heterocycles. The van der Waals surface area contributed by atoms with Gasteiger partial charge in [-0.2, -0.15) is 0 Å². The van der Waals surface area contributed by atoms with Crippen LogP contribution in [0.1, 0.15) is 37.3 Å². The number of hydrogen-bond acceptors (Lipinski definition) is 5. The Kier molecular flexibility index (Phi) is 7.28. The van der Waals surface area contributed by atoms with Crippen molar-refractivity contribution < 1.29 is 14.3 Å². The largest absolute Gasteiger partial charge is 0.495 e. The van der Waals surface area contributed by atoms with Gasteiger partial charge in [-0.25, -0.2) is 0 Å². The first-order chi connectivity index (χ1) is 18.5. The standard InChI is InChI=1S/C29H29N5O3S/c1-4-37-22-13-10-20(11-14-22)33-17-7-9-25(33)28-27(23-8-5-6-16-30-23)32-29(38)34(28)21-12-15-26(36-3)24(18-21)31-19(2)35/h5-18,27-28H,4H2,1-3H3,(H,31,35)(H,32,38)/t27-,28-/m1/s1. The lowest BCUT2D eigenvalue weighted by atomic mass is 10.0. The maximum atomic E-state index is 11.9. The molecule has 8 nitrogen and oxygen atoms in total. The smallest absolute Gasteiger partial charge is 0.221 e. The van der Waals surface area contributed by atoms with E-state index in [1.165, 1.54) is 6.92 Å². The second kappa shape index (κ2) is 10.9. The number of benzene rings is 2. The van der Waals surface area contributed by atoms with Crippen LogP contribution in [-0.4, -0.2) is 34.3 Å². The summed E-state index contributed by atoms with van der Waals surface area (Å²) in [6.07, 6.45) is 3.82. The third kappa shape index (κ3) is 4.92. The van der Waals surface area contributed by atoms with E-state index in [1.54, 1.807) is 13.3 Å². The number of amides is 1. The van der Waals surface area contributed by atoms with E-state index in [4.69, 9.17) is 21.7 Å². The highest BCUT2D eigenvalue weighted by atomic mass is 32.1. The van der Waals surface area contributed by atoms with E-state index in [1.807, 2.05) is 79.9 Å². The van der Waals surface area contributed by atoms with Gasteiger partial charge in [0.1, 0.15) is 17.5 Å². The number of methoxy groups -OCH3 is 1. The van der Waals surface area contributed by atoms with Gasteiger partial charge < -0.3 is 29.6 Å². The summed E-state index contributed by atoms with van der Waals surface area (Å²) in [6.45, 7) is 4.05. The van der Waals surface area contributed by atoms with E-state index in [0.717, 1.165) is 28.5 Å². The lowest BCUT2D eigenvalue weighted by Gasteiger charge is -2.29. The number of anilines is 2. The fourth-order valence-corrected chi connectivity index (χ4v) is 5.15. The zero-order valence-corrected chi connectivity index (χ0v) is 22.2. The van der Waals surface area contributed by atoms with Gasteiger partial charge in [0.2, 0.25) is 5.91 Å². The van der Waals surface area contributed by atoms with Crippen LogP contribution in [0, 0.1) is 0 Å². The van der Waals surface area contributed by atoms with Crippen LogP contribution in [0.2, 0.25) is 0 Å². The predicted molar refractivity (Wildman–Crippen MR) is 152 cm³/mol. The molecule has 0 bridgehead atoms. The average molecular weight is 528 g/mol.